The van der Waals surface area contributed by atoms with E-state index in [0.717, 1.165) is 23.4 Å². The zero-order chi connectivity index (χ0) is 22.6. The highest BCUT2D eigenvalue weighted by molar-refractivity contribution is 5.73. The number of alkyl halides is 3. The van der Waals surface area contributed by atoms with Crippen LogP contribution in [0.15, 0.2) is 12.4 Å². The van der Waals surface area contributed by atoms with Crippen molar-refractivity contribution in [1.82, 2.24) is 29.7 Å². The number of hydrogen-bond acceptors (Lipinski definition) is 6. The minimum atomic E-state index is -4.17. The van der Waals surface area contributed by atoms with E-state index in [9.17, 15) is 13.2 Å². The first-order valence-electron chi connectivity index (χ1n) is 10.9. The molecule has 10 heteroatoms. The van der Waals surface area contributed by atoms with Crippen molar-refractivity contribution in [3.05, 3.63) is 40.9 Å². The number of aryl methyl sites for hydroxylation is 3. The first-order valence-corrected chi connectivity index (χ1v) is 10.9. The number of aromatic nitrogens is 6. The summed E-state index contributed by atoms with van der Waals surface area (Å²) < 4.78 is 47.0. The molecule has 32 heavy (non-hydrogen) atoms. The van der Waals surface area contributed by atoms with Crippen LogP contribution >= 0.6 is 0 Å². The van der Waals surface area contributed by atoms with Crippen LogP contribution in [-0.2, 0) is 11.8 Å². The summed E-state index contributed by atoms with van der Waals surface area (Å²) in [6.45, 7) is 4.26. The highest BCUT2D eigenvalue weighted by Gasteiger charge is 2.49. The Morgan fingerprint density at radius 1 is 1.00 bits per heavy atom. The van der Waals surface area contributed by atoms with Gasteiger partial charge in [-0.1, -0.05) is 0 Å². The number of ether oxygens (including phenoxy) is 1. The van der Waals surface area contributed by atoms with Gasteiger partial charge in [-0.05, 0) is 39.5 Å². The standard InChI is InChI=1S/C22H25F3N6O/c1-11-12(2)28-21-19(27-11)18(14-6-16(7-14)22(23,24)25)29-20(30-21)13-4-5-32-17(8-13)15-9-26-31(3)10-15/h9-10,13-14,16-17H,4-8H2,1-3H3/t13-,14-,16+,17+/m0/s1. The molecular weight excluding hydrogens is 421 g/mol. The first-order chi connectivity index (χ1) is 15.2. The van der Waals surface area contributed by atoms with Gasteiger partial charge in [0.2, 0.25) is 0 Å². The highest BCUT2D eigenvalue weighted by Crippen LogP contribution is 2.50. The molecule has 0 amide bonds. The van der Waals surface area contributed by atoms with E-state index in [2.05, 4.69) is 15.1 Å². The maximum atomic E-state index is 13.1. The Kier molecular flexibility index (Phi) is 5.15. The molecule has 4 heterocycles. The fourth-order valence-electron chi connectivity index (χ4n) is 4.60. The number of fused-ring (bicyclic) bond motifs is 1. The Morgan fingerprint density at radius 3 is 2.44 bits per heavy atom. The lowest BCUT2D eigenvalue weighted by Crippen LogP contribution is -2.35. The summed E-state index contributed by atoms with van der Waals surface area (Å²) in [5, 5.41) is 4.23. The van der Waals surface area contributed by atoms with Gasteiger partial charge in [0.15, 0.2) is 5.65 Å². The third kappa shape index (κ3) is 3.85. The average molecular weight is 446 g/mol. The zero-order valence-corrected chi connectivity index (χ0v) is 18.2. The van der Waals surface area contributed by atoms with Crippen molar-refractivity contribution in [2.75, 3.05) is 6.61 Å². The summed E-state index contributed by atoms with van der Waals surface area (Å²) in [6, 6.07) is 0. The second-order valence-corrected chi connectivity index (χ2v) is 8.97. The van der Waals surface area contributed by atoms with E-state index in [1.165, 1.54) is 0 Å². The lowest BCUT2D eigenvalue weighted by molar-refractivity contribution is -0.197. The number of halogens is 3. The van der Waals surface area contributed by atoms with Crippen molar-refractivity contribution in [3.8, 4) is 0 Å². The van der Waals surface area contributed by atoms with Crippen molar-refractivity contribution in [1.29, 1.82) is 0 Å². The molecule has 0 N–H and O–H groups in total. The Hall–Kier alpha value is -2.62. The molecule has 3 aromatic heterocycles. The second-order valence-electron chi connectivity index (χ2n) is 8.97. The van der Waals surface area contributed by atoms with Gasteiger partial charge < -0.3 is 4.74 Å². The molecule has 3 aromatic rings. The van der Waals surface area contributed by atoms with Crippen molar-refractivity contribution in [3.63, 3.8) is 0 Å². The number of hydrogen-bond donors (Lipinski definition) is 0. The molecule has 2 fully saturated rings. The van der Waals surface area contributed by atoms with Crippen molar-refractivity contribution >= 4 is 11.2 Å². The van der Waals surface area contributed by atoms with Crippen LogP contribution in [0, 0.1) is 19.8 Å². The summed E-state index contributed by atoms with van der Waals surface area (Å²) in [5.74, 6) is -0.911. The van der Waals surface area contributed by atoms with E-state index >= 15 is 0 Å². The van der Waals surface area contributed by atoms with Gasteiger partial charge in [0.1, 0.15) is 11.3 Å². The SMILES string of the molecule is Cc1nc2nc([C@H]3CCO[C@@H](c4cnn(C)c4)C3)nc([C@H]3C[C@@H](C(F)(F)F)C3)c2nc1C. The largest absolute Gasteiger partial charge is 0.391 e. The number of nitrogens with zero attached hydrogens (tertiary/aromatic N) is 6. The molecule has 2 atom stereocenters. The van der Waals surface area contributed by atoms with Crippen molar-refractivity contribution in [2.24, 2.45) is 13.0 Å². The molecular formula is C22H25F3N6O. The predicted molar refractivity (Wildman–Crippen MR) is 110 cm³/mol. The van der Waals surface area contributed by atoms with E-state index in [4.69, 9.17) is 14.7 Å². The minimum Gasteiger partial charge on any atom is -0.373 e. The predicted octanol–water partition coefficient (Wildman–Crippen LogP) is 4.46. The molecule has 0 unspecified atom stereocenters. The van der Waals surface area contributed by atoms with Crippen LogP contribution in [0.2, 0.25) is 0 Å². The topological polar surface area (TPSA) is 78.6 Å². The normalized spacial score (nSPS) is 26.3. The van der Waals surface area contributed by atoms with E-state index in [1.807, 2.05) is 27.1 Å². The van der Waals surface area contributed by atoms with Crippen LogP contribution in [0.4, 0.5) is 13.2 Å². The second kappa shape index (κ2) is 7.75. The lowest BCUT2D eigenvalue weighted by atomic mass is 9.72. The van der Waals surface area contributed by atoms with Crippen LogP contribution in [0.5, 0.6) is 0 Å². The first kappa shape index (κ1) is 21.2. The molecule has 2 aliphatic rings. The molecule has 5 rings (SSSR count). The summed E-state index contributed by atoms with van der Waals surface area (Å²) in [6.07, 6.45) is 0.949. The van der Waals surface area contributed by atoms with Crippen LogP contribution in [0.25, 0.3) is 11.2 Å². The molecule has 1 saturated carbocycles. The van der Waals surface area contributed by atoms with Gasteiger partial charge >= 0.3 is 6.18 Å². The third-order valence-electron chi connectivity index (χ3n) is 6.72. The molecule has 0 spiro atoms. The van der Waals surface area contributed by atoms with Gasteiger partial charge in [-0.25, -0.2) is 19.9 Å². The molecule has 1 saturated heterocycles. The van der Waals surface area contributed by atoms with Crippen LogP contribution in [0.3, 0.4) is 0 Å². The molecule has 1 aliphatic carbocycles. The molecule has 7 nitrogen and oxygen atoms in total. The molecule has 1 aliphatic heterocycles. The summed E-state index contributed by atoms with van der Waals surface area (Å²) in [7, 11) is 1.86. The lowest BCUT2D eigenvalue weighted by Gasteiger charge is -2.36. The molecule has 170 valence electrons. The van der Waals surface area contributed by atoms with Crippen molar-refractivity contribution in [2.45, 2.75) is 63.6 Å². The summed E-state index contributed by atoms with van der Waals surface area (Å²) >= 11 is 0. The Labute approximate surface area is 183 Å². The monoisotopic (exact) mass is 446 g/mol. The summed E-state index contributed by atoms with van der Waals surface area (Å²) in [4.78, 5) is 18.7. The Bertz CT molecular complexity index is 1150. The zero-order valence-electron chi connectivity index (χ0n) is 18.2. The fourth-order valence-corrected chi connectivity index (χ4v) is 4.60. The van der Waals surface area contributed by atoms with Gasteiger partial charge in [-0.3, -0.25) is 4.68 Å². The minimum absolute atomic E-state index is 0.0269. The van der Waals surface area contributed by atoms with Gasteiger partial charge in [-0.15, -0.1) is 0 Å². The Balaban J connectivity index is 1.50. The highest BCUT2D eigenvalue weighted by atomic mass is 19.4. The average Bonchev–Trinajstić information content (AvgIpc) is 3.13. The maximum absolute atomic E-state index is 13.1. The van der Waals surface area contributed by atoms with E-state index in [0.29, 0.717) is 35.7 Å². The van der Waals surface area contributed by atoms with Crippen LogP contribution in [0.1, 0.15) is 72.1 Å². The maximum Gasteiger partial charge on any atom is 0.391 e. The summed E-state index contributed by atoms with van der Waals surface area (Å²) in [5.41, 5.74) is 4.09. The fraction of sp³-hybridized carbons (Fsp3) is 0.591. The quantitative estimate of drug-likeness (QED) is 0.591. The van der Waals surface area contributed by atoms with Gasteiger partial charge in [-0.2, -0.15) is 18.3 Å². The Morgan fingerprint density at radius 2 is 1.75 bits per heavy atom. The van der Waals surface area contributed by atoms with E-state index < -0.39 is 12.1 Å². The van der Waals surface area contributed by atoms with Gasteiger partial charge in [0, 0.05) is 37.3 Å². The molecule has 0 bridgehead atoms. The van der Waals surface area contributed by atoms with Crippen LogP contribution in [-0.4, -0.2) is 42.5 Å². The molecule has 0 radical (unpaired) electrons. The van der Waals surface area contributed by atoms with Gasteiger partial charge in [0.25, 0.3) is 0 Å². The van der Waals surface area contributed by atoms with Crippen molar-refractivity contribution < 1.29 is 17.9 Å². The van der Waals surface area contributed by atoms with Crippen LogP contribution < -0.4 is 0 Å². The smallest absolute Gasteiger partial charge is 0.373 e. The van der Waals surface area contributed by atoms with E-state index in [1.54, 1.807) is 10.9 Å². The number of rotatable bonds is 3. The third-order valence-corrected chi connectivity index (χ3v) is 6.72. The van der Waals surface area contributed by atoms with Gasteiger partial charge in [0.05, 0.1) is 35.3 Å². The molecule has 0 aromatic carbocycles. The van der Waals surface area contributed by atoms with E-state index in [-0.39, 0.29) is 30.8 Å².